The van der Waals surface area contributed by atoms with Crippen molar-refractivity contribution in [3.8, 4) is 0 Å². The van der Waals surface area contributed by atoms with Crippen LogP contribution in [0.5, 0.6) is 0 Å². The Morgan fingerprint density at radius 1 is 1.18 bits per heavy atom. The predicted molar refractivity (Wildman–Crippen MR) is 113 cm³/mol. The third-order valence-corrected chi connectivity index (χ3v) is 5.73. The van der Waals surface area contributed by atoms with Crippen molar-refractivity contribution in [2.75, 3.05) is 0 Å². The molecule has 0 radical (unpaired) electrons. The maximum Gasteiger partial charge on any atom is 0.262 e. The van der Waals surface area contributed by atoms with E-state index in [0.29, 0.717) is 45.3 Å². The van der Waals surface area contributed by atoms with E-state index in [1.54, 1.807) is 22.8 Å². The molecule has 1 aromatic carbocycles. The quantitative estimate of drug-likeness (QED) is 0.373. The van der Waals surface area contributed by atoms with Crippen LogP contribution in [0.4, 0.5) is 0 Å². The van der Waals surface area contributed by atoms with Gasteiger partial charge < -0.3 is 4.52 Å². The lowest BCUT2D eigenvalue weighted by Gasteiger charge is -2.15. The number of halogens is 1. The topological polar surface area (TPSA) is 73.8 Å². The average molecular weight is 421 g/mol. The van der Waals surface area contributed by atoms with E-state index in [1.807, 2.05) is 20.8 Å². The van der Waals surface area contributed by atoms with E-state index < -0.39 is 0 Å². The fourth-order valence-electron chi connectivity index (χ4n) is 2.70. The van der Waals surface area contributed by atoms with E-state index in [0.717, 1.165) is 6.42 Å². The van der Waals surface area contributed by atoms with Gasteiger partial charge in [-0.2, -0.15) is 4.98 Å². The SMILES string of the molecule is CC(C)CCn1c(SC(C)c2nc(C(C)C)no2)nc2cc(Cl)ccc2c1=O. The Labute approximate surface area is 173 Å². The van der Waals surface area contributed by atoms with Gasteiger partial charge in [0.2, 0.25) is 5.89 Å². The number of thioether (sulfide) groups is 1. The first-order valence-corrected chi connectivity index (χ1v) is 10.7. The van der Waals surface area contributed by atoms with Crippen molar-refractivity contribution in [1.82, 2.24) is 19.7 Å². The third-order valence-electron chi connectivity index (χ3n) is 4.42. The van der Waals surface area contributed by atoms with Gasteiger partial charge in [0.1, 0.15) is 0 Å². The minimum atomic E-state index is -0.131. The van der Waals surface area contributed by atoms with Crippen molar-refractivity contribution in [3.63, 3.8) is 0 Å². The van der Waals surface area contributed by atoms with Crippen LogP contribution in [-0.2, 0) is 6.54 Å². The molecule has 8 heteroatoms. The highest BCUT2D eigenvalue weighted by atomic mass is 35.5. The fraction of sp³-hybridized carbons (Fsp3) is 0.500. The lowest BCUT2D eigenvalue weighted by atomic mass is 10.1. The van der Waals surface area contributed by atoms with E-state index in [2.05, 4.69) is 24.0 Å². The van der Waals surface area contributed by atoms with Crippen molar-refractivity contribution in [2.45, 2.75) is 63.9 Å². The molecule has 0 spiro atoms. The van der Waals surface area contributed by atoms with Crippen LogP contribution in [-0.4, -0.2) is 19.7 Å². The molecule has 0 N–H and O–H groups in total. The lowest BCUT2D eigenvalue weighted by Crippen LogP contribution is -2.24. The zero-order valence-corrected chi connectivity index (χ0v) is 18.3. The highest BCUT2D eigenvalue weighted by Crippen LogP contribution is 2.34. The molecule has 0 saturated heterocycles. The Hall–Kier alpha value is -1.86. The Morgan fingerprint density at radius 2 is 1.93 bits per heavy atom. The van der Waals surface area contributed by atoms with Gasteiger partial charge >= 0.3 is 0 Å². The van der Waals surface area contributed by atoms with Crippen molar-refractivity contribution in [3.05, 3.63) is 45.3 Å². The van der Waals surface area contributed by atoms with Gasteiger partial charge in [-0.05, 0) is 37.5 Å². The molecule has 2 heterocycles. The van der Waals surface area contributed by atoms with Crippen LogP contribution in [0.2, 0.25) is 5.02 Å². The number of fused-ring (bicyclic) bond motifs is 1. The minimum absolute atomic E-state index is 0.0505. The minimum Gasteiger partial charge on any atom is -0.338 e. The Balaban J connectivity index is 2.01. The average Bonchev–Trinajstić information content (AvgIpc) is 3.11. The molecular formula is C20H25ClN4O2S. The fourth-order valence-corrected chi connectivity index (χ4v) is 3.84. The van der Waals surface area contributed by atoms with Gasteiger partial charge in [-0.1, -0.05) is 56.2 Å². The van der Waals surface area contributed by atoms with Crippen molar-refractivity contribution in [2.24, 2.45) is 5.92 Å². The van der Waals surface area contributed by atoms with Crippen LogP contribution in [0.25, 0.3) is 10.9 Å². The van der Waals surface area contributed by atoms with Crippen molar-refractivity contribution in [1.29, 1.82) is 0 Å². The summed E-state index contributed by atoms with van der Waals surface area (Å²) in [5, 5.41) is 5.67. The Bertz CT molecular complexity index is 1030. The van der Waals surface area contributed by atoms with E-state index in [-0.39, 0.29) is 16.7 Å². The summed E-state index contributed by atoms with van der Waals surface area (Å²) < 4.78 is 7.16. The maximum absolute atomic E-state index is 13.1. The van der Waals surface area contributed by atoms with Gasteiger partial charge in [0.25, 0.3) is 5.56 Å². The predicted octanol–water partition coefficient (Wildman–Crippen LogP) is 5.46. The number of aromatic nitrogens is 4. The van der Waals surface area contributed by atoms with Gasteiger partial charge in [-0.15, -0.1) is 0 Å². The summed E-state index contributed by atoms with van der Waals surface area (Å²) in [6.45, 7) is 10.9. The molecule has 0 saturated carbocycles. The molecule has 28 heavy (non-hydrogen) atoms. The standard InChI is InChI=1S/C20H25ClN4O2S/c1-11(2)8-9-25-19(26)15-7-6-14(21)10-16(15)22-20(25)28-13(5)18-23-17(12(3)4)24-27-18/h6-7,10-13H,8-9H2,1-5H3. The highest BCUT2D eigenvalue weighted by Gasteiger charge is 2.21. The summed E-state index contributed by atoms with van der Waals surface area (Å²) in [7, 11) is 0. The monoisotopic (exact) mass is 420 g/mol. The molecule has 1 atom stereocenters. The van der Waals surface area contributed by atoms with Gasteiger partial charge in [-0.25, -0.2) is 4.98 Å². The van der Waals surface area contributed by atoms with Crippen LogP contribution in [0.3, 0.4) is 0 Å². The number of hydrogen-bond acceptors (Lipinski definition) is 6. The third kappa shape index (κ3) is 4.58. The van der Waals surface area contributed by atoms with Gasteiger partial charge in [-0.3, -0.25) is 9.36 Å². The van der Waals surface area contributed by atoms with Crippen LogP contribution in [0.15, 0.2) is 32.7 Å². The second-order valence-electron chi connectivity index (χ2n) is 7.60. The lowest BCUT2D eigenvalue weighted by molar-refractivity contribution is 0.372. The summed E-state index contributed by atoms with van der Waals surface area (Å²) in [5.74, 6) is 1.88. The molecule has 150 valence electrons. The first kappa shape index (κ1) is 20.9. The number of rotatable bonds is 7. The van der Waals surface area contributed by atoms with Crippen molar-refractivity contribution < 1.29 is 4.52 Å². The molecule has 0 aliphatic carbocycles. The number of nitrogens with zero attached hydrogens (tertiary/aromatic N) is 4. The Kier molecular flexibility index (Phi) is 6.45. The summed E-state index contributed by atoms with van der Waals surface area (Å²) in [6, 6.07) is 5.19. The van der Waals surface area contributed by atoms with Crippen LogP contribution >= 0.6 is 23.4 Å². The van der Waals surface area contributed by atoms with Gasteiger partial charge in [0, 0.05) is 17.5 Å². The van der Waals surface area contributed by atoms with Crippen LogP contribution in [0, 0.1) is 5.92 Å². The molecule has 0 aliphatic rings. The molecular weight excluding hydrogens is 396 g/mol. The molecule has 3 aromatic rings. The first-order chi connectivity index (χ1) is 13.3. The van der Waals surface area contributed by atoms with E-state index in [4.69, 9.17) is 21.1 Å². The van der Waals surface area contributed by atoms with Gasteiger partial charge in [0.05, 0.1) is 16.2 Å². The van der Waals surface area contributed by atoms with Gasteiger partial charge in [0.15, 0.2) is 11.0 Å². The molecule has 0 fully saturated rings. The van der Waals surface area contributed by atoms with Crippen LogP contribution < -0.4 is 5.56 Å². The van der Waals surface area contributed by atoms with E-state index in [1.165, 1.54) is 11.8 Å². The molecule has 0 bridgehead atoms. The largest absolute Gasteiger partial charge is 0.338 e. The second-order valence-corrected chi connectivity index (χ2v) is 9.35. The number of hydrogen-bond donors (Lipinski definition) is 0. The highest BCUT2D eigenvalue weighted by molar-refractivity contribution is 7.99. The molecule has 2 aromatic heterocycles. The molecule has 6 nitrogen and oxygen atoms in total. The van der Waals surface area contributed by atoms with E-state index >= 15 is 0 Å². The van der Waals surface area contributed by atoms with E-state index in [9.17, 15) is 4.79 Å². The summed E-state index contributed by atoms with van der Waals surface area (Å²) in [6.07, 6.45) is 0.890. The summed E-state index contributed by atoms with van der Waals surface area (Å²) in [4.78, 5) is 22.3. The Morgan fingerprint density at radius 3 is 2.57 bits per heavy atom. The summed E-state index contributed by atoms with van der Waals surface area (Å²) >= 11 is 7.56. The molecule has 0 amide bonds. The number of benzene rings is 1. The molecule has 0 aliphatic heterocycles. The molecule has 1 unspecified atom stereocenters. The smallest absolute Gasteiger partial charge is 0.262 e. The van der Waals surface area contributed by atoms with Crippen molar-refractivity contribution >= 4 is 34.3 Å². The normalized spacial score (nSPS) is 13.0. The second kappa shape index (κ2) is 8.66. The molecule has 3 rings (SSSR count). The first-order valence-electron chi connectivity index (χ1n) is 9.46. The zero-order valence-electron chi connectivity index (χ0n) is 16.8. The maximum atomic E-state index is 13.1. The van der Waals surface area contributed by atoms with Crippen LogP contribution in [0.1, 0.15) is 63.9 Å². The zero-order chi connectivity index (χ0) is 20.4. The summed E-state index contributed by atoms with van der Waals surface area (Å²) in [5.41, 5.74) is 0.548.